The Morgan fingerprint density at radius 1 is 1.45 bits per heavy atom. The van der Waals surface area contributed by atoms with Crippen molar-refractivity contribution in [3.8, 4) is 0 Å². The lowest BCUT2D eigenvalue weighted by Gasteiger charge is -2.39. The van der Waals surface area contributed by atoms with Crippen molar-refractivity contribution in [2.75, 3.05) is 0 Å². The minimum absolute atomic E-state index is 0.0476. The molecule has 3 nitrogen and oxygen atoms in total. The minimum Gasteiger partial charge on any atom is -0.391 e. The molecular formula is C15H22N2OS2. The molecule has 1 saturated carbocycles. The number of nitrogens with two attached hydrogens (primary N) is 1. The average molecular weight is 310 g/mol. The molecule has 2 rings (SSSR count). The molecule has 1 amide bonds. The van der Waals surface area contributed by atoms with Crippen LogP contribution >= 0.6 is 23.6 Å². The molecule has 0 saturated heterocycles. The summed E-state index contributed by atoms with van der Waals surface area (Å²) in [4.78, 5) is 14.8. The second-order valence-corrected chi connectivity index (χ2v) is 7.63. The van der Waals surface area contributed by atoms with Crippen LogP contribution in [0.1, 0.15) is 52.7 Å². The molecule has 0 spiro atoms. The quantitative estimate of drug-likeness (QED) is 0.842. The van der Waals surface area contributed by atoms with E-state index in [-0.39, 0.29) is 5.91 Å². The minimum atomic E-state index is -0.495. The summed E-state index contributed by atoms with van der Waals surface area (Å²) in [5, 5.41) is 3.11. The molecule has 1 heterocycles. The number of carbonyl (C=O) groups is 1. The fraction of sp³-hybridized carbons (Fsp3) is 0.600. The summed E-state index contributed by atoms with van der Waals surface area (Å²) in [7, 11) is 0. The van der Waals surface area contributed by atoms with Gasteiger partial charge >= 0.3 is 0 Å². The molecule has 0 unspecified atom stereocenters. The van der Waals surface area contributed by atoms with Gasteiger partial charge in [-0.2, -0.15) is 0 Å². The zero-order valence-corrected chi connectivity index (χ0v) is 13.9. The van der Waals surface area contributed by atoms with Crippen molar-refractivity contribution in [1.82, 2.24) is 5.32 Å². The van der Waals surface area contributed by atoms with E-state index >= 15 is 0 Å². The fourth-order valence-corrected chi connectivity index (χ4v) is 3.84. The number of nitrogens with one attached hydrogen (secondary N) is 1. The van der Waals surface area contributed by atoms with Crippen LogP contribution in [0, 0.1) is 19.8 Å². The topological polar surface area (TPSA) is 55.1 Å². The van der Waals surface area contributed by atoms with E-state index in [1.807, 2.05) is 19.9 Å². The van der Waals surface area contributed by atoms with Crippen LogP contribution in [-0.4, -0.2) is 16.4 Å². The highest BCUT2D eigenvalue weighted by atomic mass is 32.1. The van der Waals surface area contributed by atoms with Crippen LogP contribution in [-0.2, 0) is 0 Å². The standard InChI is InChI=1S/C15H22N2OS2/c1-9-4-6-15(7-5-9,14(16)19)17-13(18)12-8-10(2)11(3)20-12/h8-9H,4-7H2,1-3H3,(H2,16,19)(H,17,18). The van der Waals surface area contributed by atoms with E-state index in [1.54, 1.807) is 0 Å². The highest BCUT2D eigenvalue weighted by molar-refractivity contribution is 7.80. The molecule has 0 aliphatic heterocycles. The van der Waals surface area contributed by atoms with E-state index in [2.05, 4.69) is 12.2 Å². The van der Waals surface area contributed by atoms with Crippen molar-refractivity contribution in [1.29, 1.82) is 0 Å². The van der Waals surface area contributed by atoms with Crippen molar-refractivity contribution in [2.45, 2.75) is 52.0 Å². The summed E-state index contributed by atoms with van der Waals surface area (Å²) in [6, 6.07) is 1.94. The maximum atomic E-state index is 12.5. The predicted octanol–water partition coefficient (Wildman–Crippen LogP) is 3.33. The Labute approximate surface area is 129 Å². The van der Waals surface area contributed by atoms with Crippen molar-refractivity contribution >= 4 is 34.5 Å². The van der Waals surface area contributed by atoms with Gasteiger partial charge in [-0.1, -0.05) is 19.1 Å². The summed E-state index contributed by atoms with van der Waals surface area (Å²) in [6.45, 7) is 6.29. The number of hydrogen-bond donors (Lipinski definition) is 2. The molecule has 110 valence electrons. The number of carbonyl (C=O) groups excluding carboxylic acids is 1. The van der Waals surface area contributed by atoms with Crippen molar-refractivity contribution in [2.24, 2.45) is 11.7 Å². The zero-order valence-electron chi connectivity index (χ0n) is 12.3. The Bertz CT molecular complexity index is 508. The van der Waals surface area contributed by atoms with Crippen LogP contribution in [0.5, 0.6) is 0 Å². The van der Waals surface area contributed by atoms with Gasteiger partial charge < -0.3 is 11.1 Å². The Morgan fingerprint density at radius 2 is 2.05 bits per heavy atom. The van der Waals surface area contributed by atoms with E-state index < -0.39 is 5.54 Å². The molecule has 3 N–H and O–H groups in total. The lowest BCUT2D eigenvalue weighted by molar-refractivity contribution is 0.0905. The number of amides is 1. The van der Waals surface area contributed by atoms with Gasteiger partial charge in [-0.05, 0) is 57.1 Å². The Kier molecular flexibility index (Phi) is 4.49. The van der Waals surface area contributed by atoms with E-state index in [0.717, 1.165) is 36.1 Å². The normalized spacial score (nSPS) is 26.2. The van der Waals surface area contributed by atoms with Gasteiger partial charge in [0.1, 0.15) is 0 Å². The van der Waals surface area contributed by atoms with Gasteiger partial charge in [-0.15, -0.1) is 11.3 Å². The Hall–Kier alpha value is -0.940. The van der Waals surface area contributed by atoms with E-state index in [1.165, 1.54) is 16.2 Å². The van der Waals surface area contributed by atoms with Crippen LogP contribution in [0.25, 0.3) is 0 Å². The summed E-state index contributed by atoms with van der Waals surface area (Å²) >= 11 is 6.76. The van der Waals surface area contributed by atoms with Crippen LogP contribution in [0.2, 0.25) is 0 Å². The molecule has 1 fully saturated rings. The first-order valence-corrected chi connectivity index (χ1v) is 8.26. The summed E-state index contributed by atoms with van der Waals surface area (Å²) in [5.74, 6) is 0.633. The summed E-state index contributed by atoms with van der Waals surface area (Å²) in [6.07, 6.45) is 3.80. The Morgan fingerprint density at radius 3 is 2.50 bits per heavy atom. The number of thiocarbonyl (C=S) groups is 1. The third-order valence-electron chi connectivity index (χ3n) is 4.34. The maximum Gasteiger partial charge on any atom is 0.262 e. The maximum absolute atomic E-state index is 12.5. The Balaban J connectivity index is 2.16. The molecule has 20 heavy (non-hydrogen) atoms. The smallest absolute Gasteiger partial charge is 0.262 e. The molecule has 1 aliphatic carbocycles. The van der Waals surface area contributed by atoms with Crippen molar-refractivity contribution < 1.29 is 4.79 Å². The van der Waals surface area contributed by atoms with Gasteiger partial charge in [-0.3, -0.25) is 4.79 Å². The largest absolute Gasteiger partial charge is 0.391 e. The SMILES string of the molecule is Cc1cc(C(=O)NC2(C(N)=S)CCC(C)CC2)sc1C. The highest BCUT2D eigenvalue weighted by Crippen LogP contribution is 2.33. The van der Waals surface area contributed by atoms with Crippen LogP contribution < -0.4 is 11.1 Å². The van der Waals surface area contributed by atoms with Gasteiger partial charge in [0.25, 0.3) is 5.91 Å². The van der Waals surface area contributed by atoms with E-state index in [0.29, 0.717) is 10.9 Å². The molecule has 1 aromatic heterocycles. The van der Waals surface area contributed by atoms with Gasteiger partial charge in [0.05, 0.1) is 15.4 Å². The van der Waals surface area contributed by atoms with Gasteiger partial charge in [0.2, 0.25) is 0 Å². The second-order valence-electron chi connectivity index (χ2n) is 5.93. The third kappa shape index (κ3) is 3.04. The van der Waals surface area contributed by atoms with Gasteiger partial charge in [-0.25, -0.2) is 0 Å². The molecule has 1 aliphatic rings. The first-order chi connectivity index (χ1) is 9.34. The third-order valence-corrected chi connectivity index (χ3v) is 5.88. The lowest BCUT2D eigenvalue weighted by Crippen LogP contribution is -2.58. The molecule has 1 aromatic rings. The van der Waals surface area contributed by atoms with Crippen molar-refractivity contribution in [3.05, 3.63) is 21.4 Å². The van der Waals surface area contributed by atoms with Gasteiger partial charge in [0, 0.05) is 4.88 Å². The number of thiophene rings is 1. The number of aryl methyl sites for hydroxylation is 2. The van der Waals surface area contributed by atoms with Crippen molar-refractivity contribution in [3.63, 3.8) is 0 Å². The predicted molar refractivity (Wildman–Crippen MR) is 88.4 cm³/mol. The second kappa shape index (κ2) is 5.82. The molecule has 0 atom stereocenters. The zero-order chi connectivity index (χ0) is 14.9. The molecule has 5 heteroatoms. The first kappa shape index (κ1) is 15.4. The van der Waals surface area contributed by atoms with Crippen LogP contribution in [0.4, 0.5) is 0 Å². The number of rotatable bonds is 3. The van der Waals surface area contributed by atoms with E-state index in [9.17, 15) is 4.79 Å². The molecule has 0 aromatic carbocycles. The number of hydrogen-bond acceptors (Lipinski definition) is 3. The summed E-state index contributed by atoms with van der Waals surface area (Å²) < 4.78 is 0. The highest BCUT2D eigenvalue weighted by Gasteiger charge is 2.38. The van der Waals surface area contributed by atoms with Crippen LogP contribution in [0.3, 0.4) is 0 Å². The van der Waals surface area contributed by atoms with Crippen LogP contribution in [0.15, 0.2) is 6.07 Å². The molecule has 0 radical (unpaired) electrons. The fourth-order valence-electron chi connectivity index (χ4n) is 2.65. The average Bonchev–Trinajstić information content (AvgIpc) is 2.72. The summed E-state index contributed by atoms with van der Waals surface area (Å²) in [5.41, 5.74) is 6.59. The lowest BCUT2D eigenvalue weighted by atomic mass is 9.77. The molecule has 0 bridgehead atoms. The molecular weight excluding hydrogens is 288 g/mol. The first-order valence-electron chi connectivity index (χ1n) is 7.03. The van der Waals surface area contributed by atoms with E-state index in [4.69, 9.17) is 18.0 Å². The van der Waals surface area contributed by atoms with Gasteiger partial charge in [0.15, 0.2) is 0 Å². The monoisotopic (exact) mass is 310 g/mol.